The SMILES string of the molecule is CC(C)(C)OC(=O)C1CCC(Oc2c(C#N)cnc3ccc(/C=C4\SC(=NC5CC5)NC4=O)cc23)CC1. The van der Waals surface area contributed by atoms with Crippen LogP contribution in [0.5, 0.6) is 5.75 Å². The molecule has 1 aliphatic heterocycles. The number of nitrogens with zero attached hydrogens (tertiary/aromatic N) is 3. The van der Waals surface area contributed by atoms with Crippen LogP contribution in [0.25, 0.3) is 17.0 Å². The van der Waals surface area contributed by atoms with Crippen molar-refractivity contribution in [1.82, 2.24) is 10.3 Å². The van der Waals surface area contributed by atoms with Crippen molar-refractivity contribution >= 4 is 45.8 Å². The maximum Gasteiger partial charge on any atom is 0.309 e. The number of hydrogen-bond acceptors (Lipinski definition) is 8. The van der Waals surface area contributed by atoms with Gasteiger partial charge in [-0.15, -0.1) is 0 Å². The van der Waals surface area contributed by atoms with Gasteiger partial charge in [-0.05, 0) is 94.8 Å². The number of nitriles is 1. The highest BCUT2D eigenvalue weighted by Crippen LogP contribution is 2.36. The molecule has 37 heavy (non-hydrogen) atoms. The molecule has 0 spiro atoms. The molecule has 9 heteroatoms. The summed E-state index contributed by atoms with van der Waals surface area (Å²) in [4.78, 5) is 34.4. The Balaban J connectivity index is 1.35. The molecule has 3 aliphatic rings. The summed E-state index contributed by atoms with van der Waals surface area (Å²) >= 11 is 1.35. The molecule has 1 aromatic carbocycles. The van der Waals surface area contributed by atoms with Crippen molar-refractivity contribution in [3.8, 4) is 11.8 Å². The molecule has 8 nitrogen and oxygen atoms in total. The molecule has 1 saturated heterocycles. The Kier molecular flexibility index (Phi) is 6.95. The monoisotopic (exact) mass is 518 g/mol. The fourth-order valence-corrected chi connectivity index (χ4v) is 5.35. The van der Waals surface area contributed by atoms with E-state index in [0.29, 0.717) is 58.6 Å². The molecule has 2 heterocycles. The van der Waals surface area contributed by atoms with E-state index in [4.69, 9.17) is 9.47 Å². The second kappa shape index (κ2) is 10.2. The molecule has 192 valence electrons. The van der Waals surface area contributed by atoms with Gasteiger partial charge in [-0.3, -0.25) is 19.6 Å². The summed E-state index contributed by atoms with van der Waals surface area (Å²) in [6.45, 7) is 5.63. The number of fused-ring (bicyclic) bond motifs is 1. The Hall–Kier alpha value is -3.38. The van der Waals surface area contributed by atoms with Crippen LogP contribution in [-0.2, 0) is 14.3 Å². The number of aromatic nitrogens is 1. The van der Waals surface area contributed by atoms with E-state index in [0.717, 1.165) is 23.8 Å². The fraction of sp³-hybridized carbons (Fsp3) is 0.464. The summed E-state index contributed by atoms with van der Waals surface area (Å²) in [6.07, 6.45) is 8.14. The van der Waals surface area contributed by atoms with Crippen molar-refractivity contribution in [1.29, 1.82) is 5.26 Å². The number of carbonyl (C=O) groups excluding carboxylic acids is 2. The lowest BCUT2D eigenvalue weighted by atomic mass is 9.87. The molecule has 1 N–H and O–H groups in total. The van der Waals surface area contributed by atoms with Crippen LogP contribution in [0.3, 0.4) is 0 Å². The second-order valence-electron chi connectivity index (χ2n) is 10.7. The summed E-state index contributed by atoms with van der Waals surface area (Å²) in [5, 5.41) is 14.0. The number of aliphatic imine (C=N–C) groups is 1. The first-order chi connectivity index (χ1) is 17.7. The average molecular weight is 519 g/mol. The number of esters is 1. The highest BCUT2D eigenvalue weighted by atomic mass is 32.2. The van der Waals surface area contributed by atoms with Crippen LogP contribution >= 0.6 is 11.8 Å². The molecule has 5 rings (SSSR count). The number of pyridine rings is 1. The van der Waals surface area contributed by atoms with E-state index < -0.39 is 5.60 Å². The Morgan fingerprint density at radius 1 is 1.22 bits per heavy atom. The zero-order chi connectivity index (χ0) is 26.2. The molecular formula is C28H30N4O4S. The van der Waals surface area contributed by atoms with Gasteiger partial charge in [-0.1, -0.05) is 6.07 Å². The van der Waals surface area contributed by atoms with Crippen LogP contribution in [0.2, 0.25) is 0 Å². The van der Waals surface area contributed by atoms with E-state index in [2.05, 4.69) is 21.4 Å². The van der Waals surface area contributed by atoms with Crippen molar-refractivity contribution < 1.29 is 19.1 Å². The number of ether oxygens (including phenoxy) is 2. The third-order valence-corrected chi connectivity index (χ3v) is 7.38. The van der Waals surface area contributed by atoms with Gasteiger partial charge in [0.05, 0.1) is 28.5 Å². The minimum Gasteiger partial charge on any atom is -0.488 e. The molecular weight excluding hydrogens is 488 g/mol. The smallest absolute Gasteiger partial charge is 0.309 e. The molecule has 2 aliphatic carbocycles. The van der Waals surface area contributed by atoms with Crippen molar-refractivity contribution in [3.63, 3.8) is 0 Å². The van der Waals surface area contributed by atoms with Crippen molar-refractivity contribution in [2.75, 3.05) is 0 Å². The van der Waals surface area contributed by atoms with Crippen LogP contribution in [0.15, 0.2) is 34.3 Å². The average Bonchev–Trinajstić information content (AvgIpc) is 3.60. The summed E-state index contributed by atoms with van der Waals surface area (Å²) < 4.78 is 11.9. The zero-order valence-electron chi connectivity index (χ0n) is 21.2. The molecule has 0 bridgehead atoms. The standard InChI is InChI=1S/C28H30N4O4S/c1-28(2,3)36-26(34)17-5-9-20(10-6-17)35-24-18(14-29)15-30-22-11-4-16(12-21(22)24)13-23-25(33)32-27(37-23)31-19-7-8-19/h4,11-13,15,17,19-20H,5-10H2,1-3H3,(H,31,32,33)/b23-13-. The van der Waals surface area contributed by atoms with Gasteiger partial charge in [-0.25, -0.2) is 0 Å². The lowest BCUT2D eigenvalue weighted by Gasteiger charge is -2.30. The fourth-order valence-electron chi connectivity index (χ4n) is 4.46. The number of carbonyl (C=O) groups is 2. The summed E-state index contributed by atoms with van der Waals surface area (Å²) in [6, 6.07) is 8.20. The first kappa shape index (κ1) is 25.3. The van der Waals surface area contributed by atoms with Crippen LogP contribution < -0.4 is 10.1 Å². The van der Waals surface area contributed by atoms with Gasteiger partial charge in [0.2, 0.25) is 0 Å². The zero-order valence-corrected chi connectivity index (χ0v) is 22.1. The predicted molar refractivity (Wildman–Crippen MR) is 143 cm³/mol. The third kappa shape index (κ3) is 6.13. The van der Waals surface area contributed by atoms with E-state index >= 15 is 0 Å². The number of benzene rings is 1. The minimum atomic E-state index is -0.502. The quantitative estimate of drug-likeness (QED) is 0.432. The Labute approximate surface area is 220 Å². The molecule has 3 fully saturated rings. The van der Waals surface area contributed by atoms with E-state index in [9.17, 15) is 14.9 Å². The molecule has 2 aromatic rings. The van der Waals surface area contributed by atoms with E-state index in [1.165, 1.54) is 18.0 Å². The largest absolute Gasteiger partial charge is 0.488 e. The molecule has 0 unspecified atom stereocenters. The van der Waals surface area contributed by atoms with Gasteiger partial charge in [-0.2, -0.15) is 5.26 Å². The first-order valence-electron chi connectivity index (χ1n) is 12.7. The topological polar surface area (TPSA) is 114 Å². The number of nitrogens with one attached hydrogen (secondary N) is 1. The van der Waals surface area contributed by atoms with Crippen LogP contribution in [0, 0.1) is 17.2 Å². The highest BCUT2D eigenvalue weighted by molar-refractivity contribution is 8.18. The molecule has 1 amide bonds. The molecule has 0 atom stereocenters. The van der Waals surface area contributed by atoms with Gasteiger partial charge < -0.3 is 14.8 Å². The number of rotatable bonds is 5. The van der Waals surface area contributed by atoms with E-state index in [1.807, 2.05) is 45.0 Å². The highest BCUT2D eigenvalue weighted by Gasteiger charge is 2.31. The summed E-state index contributed by atoms with van der Waals surface area (Å²) in [5.74, 6) is 0.0415. The normalized spacial score (nSPS) is 24.2. The third-order valence-electron chi connectivity index (χ3n) is 6.46. The molecule has 0 radical (unpaired) electrons. The number of hydrogen-bond donors (Lipinski definition) is 1. The number of amides is 1. The number of amidine groups is 1. The van der Waals surface area contributed by atoms with Crippen LogP contribution in [-0.4, -0.2) is 39.8 Å². The van der Waals surface area contributed by atoms with Gasteiger partial charge in [0.15, 0.2) is 5.17 Å². The predicted octanol–water partition coefficient (Wildman–Crippen LogP) is 5.11. The van der Waals surface area contributed by atoms with Gasteiger partial charge in [0.1, 0.15) is 23.0 Å². The Morgan fingerprint density at radius 2 is 1.97 bits per heavy atom. The second-order valence-corrected chi connectivity index (χ2v) is 11.8. The van der Waals surface area contributed by atoms with Crippen molar-refractivity contribution in [2.45, 2.75) is 77.0 Å². The Morgan fingerprint density at radius 3 is 2.65 bits per heavy atom. The lowest BCUT2D eigenvalue weighted by molar-refractivity contribution is -0.161. The van der Waals surface area contributed by atoms with Crippen molar-refractivity contribution in [3.05, 3.63) is 40.4 Å². The lowest BCUT2D eigenvalue weighted by Crippen LogP contribution is -2.33. The molecule has 1 aromatic heterocycles. The van der Waals surface area contributed by atoms with Crippen molar-refractivity contribution in [2.24, 2.45) is 10.9 Å². The van der Waals surface area contributed by atoms with Gasteiger partial charge >= 0.3 is 5.97 Å². The van der Waals surface area contributed by atoms with Gasteiger partial charge in [0, 0.05) is 11.6 Å². The summed E-state index contributed by atoms with van der Waals surface area (Å²) in [5.41, 5.74) is 1.38. The first-order valence-corrected chi connectivity index (χ1v) is 13.5. The van der Waals surface area contributed by atoms with E-state index in [1.54, 1.807) is 0 Å². The Bertz CT molecular complexity index is 1340. The molecule has 2 saturated carbocycles. The van der Waals surface area contributed by atoms with E-state index in [-0.39, 0.29) is 23.9 Å². The minimum absolute atomic E-state index is 0.115. The van der Waals surface area contributed by atoms with Crippen LogP contribution in [0.1, 0.15) is 70.4 Å². The maximum atomic E-state index is 12.5. The van der Waals surface area contributed by atoms with Crippen LogP contribution in [0.4, 0.5) is 0 Å². The number of thioether (sulfide) groups is 1. The van der Waals surface area contributed by atoms with Gasteiger partial charge in [0.25, 0.3) is 5.91 Å². The summed E-state index contributed by atoms with van der Waals surface area (Å²) in [7, 11) is 0. The maximum absolute atomic E-state index is 12.5.